The topological polar surface area (TPSA) is 84.0 Å². The molecule has 2 aromatic heterocycles. The van der Waals surface area contributed by atoms with E-state index in [1.165, 1.54) is 0 Å². The van der Waals surface area contributed by atoms with Crippen LogP contribution in [0.2, 0.25) is 0 Å². The zero-order valence-electron chi connectivity index (χ0n) is 21.1. The van der Waals surface area contributed by atoms with Gasteiger partial charge in [0.2, 0.25) is 11.8 Å². The number of alkyl halides is 2. The third kappa shape index (κ3) is 6.28. The zero-order chi connectivity index (χ0) is 25.6. The summed E-state index contributed by atoms with van der Waals surface area (Å²) in [4.78, 5) is 13.7. The van der Waals surface area contributed by atoms with Crippen LogP contribution in [-0.2, 0) is 0 Å². The molecule has 4 aromatic rings. The second-order valence-electron chi connectivity index (χ2n) is 9.16. The molecule has 1 aliphatic rings. The van der Waals surface area contributed by atoms with Gasteiger partial charge in [0.05, 0.1) is 11.3 Å². The predicted molar refractivity (Wildman–Crippen MR) is 150 cm³/mol. The summed E-state index contributed by atoms with van der Waals surface area (Å²) >= 11 is 0. The number of piperidine rings is 1. The predicted octanol–water partition coefficient (Wildman–Crippen LogP) is 6.10. The molecule has 5 rings (SSSR count). The molecule has 200 valence electrons. The summed E-state index contributed by atoms with van der Waals surface area (Å²) in [5.74, 6) is 1.63. The van der Waals surface area contributed by atoms with E-state index in [9.17, 15) is 8.78 Å². The maximum Gasteiger partial charge on any atom is 0.228 e. The van der Waals surface area contributed by atoms with E-state index in [4.69, 9.17) is 9.72 Å². The van der Waals surface area contributed by atoms with E-state index in [0.29, 0.717) is 29.0 Å². The minimum Gasteiger partial charge on any atom is -0.437 e. The van der Waals surface area contributed by atoms with E-state index < -0.39 is 12.8 Å². The molecule has 3 N–H and O–H groups in total. The van der Waals surface area contributed by atoms with Gasteiger partial charge in [0.1, 0.15) is 18.6 Å². The van der Waals surface area contributed by atoms with Crippen LogP contribution in [0.1, 0.15) is 18.4 Å². The van der Waals surface area contributed by atoms with Crippen molar-refractivity contribution in [2.24, 2.45) is 0 Å². The van der Waals surface area contributed by atoms with E-state index in [1.807, 2.05) is 55.5 Å². The fourth-order valence-corrected chi connectivity index (χ4v) is 4.50. The molecule has 10 heteroatoms. The Labute approximate surface area is 226 Å². The van der Waals surface area contributed by atoms with Crippen LogP contribution in [0.25, 0.3) is 22.0 Å². The number of pyridine rings is 1. The van der Waals surface area contributed by atoms with Gasteiger partial charge in [0.15, 0.2) is 0 Å². The van der Waals surface area contributed by atoms with Gasteiger partial charge in [0, 0.05) is 48.0 Å². The maximum absolute atomic E-state index is 13.5. The van der Waals surface area contributed by atoms with Crippen molar-refractivity contribution in [2.75, 3.05) is 36.9 Å². The van der Waals surface area contributed by atoms with Crippen molar-refractivity contribution in [1.82, 2.24) is 20.3 Å². The van der Waals surface area contributed by atoms with Gasteiger partial charge in [-0.3, -0.25) is 0 Å². The van der Waals surface area contributed by atoms with Gasteiger partial charge in [-0.25, -0.2) is 23.7 Å². The molecule has 7 nitrogen and oxygen atoms in total. The third-order valence-electron chi connectivity index (χ3n) is 6.42. The molecule has 1 unspecified atom stereocenters. The van der Waals surface area contributed by atoms with Crippen molar-refractivity contribution < 1.29 is 13.5 Å². The Morgan fingerprint density at radius 2 is 1.97 bits per heavy atom. The van der Waals surface area contributed by atoms with Crippen molar-refractivity contribution in [3.05, 3.63) is 66.5 Å². The van der Waals surface area contributed by atoms with E-state index in [1.54, 1.807) is 12.4 Å². The normalized spacial score (nSPS) is 15.9. The lowest BCUT2D eigenvalue weighted by molar-refractivity contribution is 0.273. The van der Waals surface area contributed by atoms with Crippen LogP contribution in [0, 0.1) is 6.92 Å². The molecule has 0 radical (unpaired) electrons. The zero-order valence-corrected chi connectivity index (χ0v) is 21.9. The lowest BCUT2D eigenvalue weighted by Gasteiger charge is -2.23. The maximum atomic E-state index is 13.5. The number of anilines is 2. The van der Waals surface area contributed by atoms with Crippen molar-refractivity contribution in [3.63, 3.8) is 0 Å². The number of halogens is 3. The molecule has 2 atom stereocenters. The molecule has 0 saturated carbocycles. The number of hydrogen-bond acceptors (Lipinski definition) is 7. The Kier molecular flexibility index (Phi) is 9.25. The number of nitrogens with zero attached hydrogens (tertiary/aromatic N) is 3. The van der Waals surface area contributed by atoms with Crippen LogP contribution in [0.3, 0.4) is 0 Å². The average Bonchev–Trinajstić information content (AvgIpc) is 2.94. The number of ether oxygens (including phenoxy) is 1. The second-order valence-corrected chi connectivity index (χ2v) is 9.16. The summed E-state index contributed by atoms with van der Waals surface area (Å²) in [5, 5.41) is 11.5. The number of nitrogens with one attached hydrogen (secondary N) is 3. The molecule has 38 heavy (non-hydrogen) atoms. The lowest BCUT2D eigenvalue weighted by Crippen LogP contribution is -2.38. The first-order valence-electron chi connectivity index (χ1n) is 12.5. The number of hydrogen-bond donors (Lipinski definition) is 3. The Balaban J connectivity index is 0.00000336. The van der Waals surface area contributed by atoms with Crippen LogP contribution in [0.5, 0.6) is 11.6 Å². The highest BCUT2D eigenvalue weighted by Crippen LogP contribution is 2.38. The lowest BCUT2D eigenvalue weighted by atomic mass is 10.0. The van der Waals surface area contributed by atoms with E-state index in [-0.39, 0.29) is 25.0 Å². The summed E-state index contributed by atoms with van der Waals surface area (Å²) in [6.07, 6.45) is 4.03. The first-order chi connectivity index (χ1) is 18.1. The van der Waals surface area contributed by atoms with Gasteiger partial charge in [-0.2, -0.15) is 0 Å². The minimum atomic E-state index is -1.56. The number of aromatic nitrogens is 3. The van der Waals surface area contributed by atoms with Crippen molar-refractivity contribution in [1.29, 1.82) is 0 Å². The van der Waals surface area contributed by atoms with Crippen LogP contribution >= 0.6 is 12.4 Å². The Morgan fingerprint density at radius 1 is 1.08 bits per heavy atom. The number of fused-ring (bicyclic) bond motifs is 1. The van der Waals surface area contributed by atoms with Crippen LogP contribution in [0.4, 0.5) is 20.4 Å². The Morgan fingerprint density at radius 3 is 2.79 bits per heavy atom. The van der Waals surface area contributed by atoms with Gasteiger partial charge in [-0.15, -0.1) is 12.4 Å². The first-order valence-corrected chi connectivity index (χ1v) is 12.5. The Hall–Kier alpha value is -3.56. The summed E-state index contributed by atoms with van der Waals surface area (Å²) in [6.45, 7) is 2.75. The smallest absolute Gasteiger partial charge is 0.228 e. The largest absolute Gasteiger partial charge is 0.437 e. The van der Waals surface area contributed by atoms with Gasteiger partial charge in [-0.05, 0) is 56.1 Å². The molecule has 1 fully saturated rings. The molecule has 0 amide bonds. The monoisotopic (exact) mass is 540 g/mol. The highest BCUT2D eigenvalue weighted by atomic mass is 35.5. The molecule has 0 spiro atoms. The fraction of sp³-hybridized carbons (Fsp3) is 0.321. The van der Waals surface area contributed by atoms with Gasteiger partial charge in [0.25, 0.3) is 0 Å². The molecule has 1 saturated heterocycles. The minimum absolute atomic E-state index is 0. The highest BCUT2D eigenvalue weighted by Gasteiger charge is 2.17. The second kappa shape index (κ2) is 12.8. The summed E-state index contributed by atoms with van der Waals surface area (Å²) in [5.41, 5.74) is 3.07. The third-order valence-corrected chi connectivity index (χ3v) is 6.42. The van der Waals surface area contributed by atoms with Crippen LogP contribution in [-0.4, -0.2) is 53.5 Å². The average molecular weight is 541 g/mol. The van der Waals surface area contributed by atoms with E-state index >= 15 is 0 Å². The summed E-state index contributed by atoms with van der Waals surface area (Å²) in [7, 11) is 0. The van der Waals surface area contributed by atoms with Crippen molar-refractivity contribution in [3.8, 4) is 22.9 Å². The molecular formula is C28H31ClF2N6O. The van der Waals surface area contributed by atoms with Crippen molar-refractivity contribution in [2.45, 2.75) is 32.0 Å². The standard InChI is InChI=1S/C28H30F2N6O.ClH/c1-18-9-10-21-22(6-2-8-24(21)34-16-19(30)15-29)26(18)37-27-23(7-4-13-32-27)25-11-14-33-28(36-25)35-20-5-3-12-31-17-20;/h2,4,6-11,13-14,19-20,31,34H,3,5,12,15-17H2,1H3,(H,33,35,36);1H/t19?,20-;/m0./s1. The van der Waals surface area contributed by atoms with Crippen molar-refractivity contribution >= 4 is 34.8 Å². The fourth-order valence-electron chi connectivity index (χ4n) is 4.50. The van der Waals surface area contributed by atoms with Gasteiger partial charge >= 0.3 is 0 Å². The van der Waals surface area contributed by atoms with Crippen LogP contribution < -0.4 is 20.7 Å². The molecule has 2 aromatic carbocycles. The van der Waals surface area contributed by atoms with Gasteiger partial charge in [-0.1, -0.05) is 24.3 Å². The molecule has 0 aliphatic carbocycles. The summed E-state index contributed by atoms with van der Waals surface area (Å²) in [6, 6.07) is 15.4. The SMILES string of the molecule is Cc1ccc2c(NCC(F)CF)cccc2c1Oc1ncccc1-c1ccnc(N[C@H]2CCCNC2)n1.Cl. The first kappa shape index (κ1) is 27.5. The number of benzene rings is 2. The number of aryl methyl sites for hydroxylation is 1. The molecular weight excluding hydrogens is 510 g/mol. The molecule has 3 heterocycles. The van der Waals surface area contributed by atoms with E-state index in [2.05, 4.69) is 25.9 Å². The highest BCUT2D eigenvalue weighted by molar-refractivity contribution is 5.98. The quantitative estimate of drug-likeness (QED) is 0.237. The molecule has 0 bridgehead atoms. The number of rotatable bonds is 9. The van der Waals surface area contributed by atoms with Gasteiger partial charge < -0.3 is 20.7 Å². The van der Waals surface area contributed by atoms with Crippen LogP contribution in [0.15, 0.2) is 60.9 Å². The molecule has 1 aliphatic heterocycles. The Bertz CT molecular complexity index is 1370. The van der Waals surface area contributed by atoms with E-state index in [0.717, 1.165) is 47.8 Å². The summed E-state index contributed by atoms with van der Waals surface area (Å²) < 4.78 is 32.6.